The maximum atomic E-state index is 11.9. The van der Waals surface area contributed by atoms with Crippen molar-refractivity contribution in [3.8, 4) is 11.5 Å². The molecule has 1 heterocycles. The van der Waals surface area contributed by atoms with Gasteiger partial charge in [0.1, 0.15) is 6.04 Å². The molecule has 0 aliphatic heterocycles. The molecule has 1 aliphatic carbocycles. The summed E-state index contributed by atoms with van der Waals surface area (Å²) in [7, 11) is 4.77. The summed E-state index contributed by atoms with van der Waals surface area (Å²) in [6.07, 6.45) is 3.32. The van der Waals surface area contributed by atoms with Gasteiger partial charge in [0.15, 0.2) is 17.3 Å². The van der Waals surface area contributed by atoms with Gasteiger partial charge in [0, 0.05) is 5.92 Å². The van der Waals surface area contributed by atoms with Crippen LogP contribution in [0.25, 0.3) is 0 Å². The third-order valence-corrected chi connectivity index (χ3v) is 4.73. The number of aliphatic carboxylic acids is 1. The second-order valence-electron chi connectivity index (χ2n) is 6.45. The van der Waals surface area contributed by atoms with Crippen molar-refractivity contribution in [2.45, 2.75) is 37.8 Å². The van der Waals surface area contributed by atoms with Crippen LogP contribution in [0.4, 0.5) is 0 Å². The number of methoxy groups -OCH3 is 2. The molecule has 1 aliphatic rings. The van der Waals surface area contributed by atoms with E-state index in [1.165, 1.54) is 20.6 Å². The lowest BCUT2D eigenvalue weighted by molar-refractivity contribution is -0.143. The van der Waals surface area contributed by atoms with Crippen molar-refractivity contribution in [3.05, 3.63) is 35.5 Å². The number of benzene rings is 1. The lowest BCUT2D eigenvalue weighted by Crippen LogP contribution is -2.31. The van der Waals surface area contributed by atoms with E-state index >= 15 is 0 Å². The average molecular weight is 361 g/mol. The van der Waals surface area contributed by atoms with Gasteiger partial charge in [-0.2, -0.15) is 4.98 Å². The first-order valence-electron chi connectivity index (χ1n) is 8.51. The predicted molar refractivity (Wildman–Crippen MR) is 92.3 cm³/mol. The van der Waals surface area contributed by atoms with Crippen LogP contribution in [-0.4, -0.2) is 47.4 Å². The minimum atomic E-state index is -0.970. The molecule has 1 unspecified atom stereocenters. The Hall–Kier alpha value is -2.61. The smallest absolute Gasteiger partial charge is 0.325 e. The lowest BCUT2D eigenvalue weighted by Gasteiger charge is -2.24. The number of hydrogen-bond acceptors (Lipinski definition) is 7. The van der Waals surface area contributed by atoms with Crippen molar-refractivity contribution in [2.75, 3.05) is 21.3 Å². The van der Waals surface area contributed by atoms with Crippen molar-refractivity contribution < 1.29 is 23.9 Å². The van der Waals surface area contributed by atoms with E-state index in [1.54, 1.807) is 30.1 Å². The van der Waals surface area contributed by atoms with Crippen molar-refractivity contribution in [3.63, 3.8) is 0 Å². The molecule has 3 rings (SSSR count). The van der Waals surface area contributed by atoms with Crippen LogP contribution in [0.1, 0.15) is 48.5 Å². The summed E-state index contributed by atoms with van der Waals surface area (Å²) in [6.45, 7) is 0.265. The number of aromatic nitrogens is 2. The molecule has 1 aromatic carbocycles. The summed E-state index contributed by atoms with van der Waals surface area (Å²) in [5.74, 6) is 1.55. The third kappa shape index (κ3) is 3.65. The highest BCUT2D eigenvalue weighted by Crippen LogP contribution is 2.35. The van der Waals surface area contributed by atoms with Crippen molar-refractivity contribution in [1.29, 1.82) is 0 Å². The number of carbonyl (C=O) groups is 1. The van der Waals surface area contributed by atoms with E-state index in [4.69, 9.17) is 14.0 Å². The lowest BCUT2D eigenvalue weighted by atomic mass is 9.85. The molecular formula is C18H23N3O5. The minimum absolute atomic E-state index is 0.265. The van der Waals surface area contributed by atoms with Crippen LogP contribution < -0.4 is 9.47 Å². The highest BCUT2D eigenvalue weighted by Gasteiger charge is 2.29. The summed E-state index contributed by atoms with van der Waals surface area (Å²) >= 11 is 0. The highest BCUT2D eigenvalue weighted by molar-refractivity contribution is 5.76. The molecule has 0 amide bonds. The van der Waals surface area contributed by atoms with E-state index in [0.29, 0.717) is 34.7 Å². The Kier molecular flexibility index (Phi) is 5.41. The van der Waals surface area contributed by atoms with Gasteiger partial charge in [-0.05, 0) is 37.6 Å². The van der Waals surface area contributed by atoms with Crippen LogP contribution in [0.2, 0.25) is 0 Å². The first-order chi connectivity index (χ1) is 12.5. The van der Waals surface area contributed by atoms with E-state index in [1.807, 2.05) is 0 Å². The van der Waals surface area contributed by atoms with Crippen molar-refractivity contribution in [1.82, 2.24) is 15.0 Å². The van der Waals surface area contributed by atoms with Gasteiger partial charge >= 0.3 is 5.97 Å². The molecule has 8 nitrogen and oxygen atoms in total. The fourth-order valence-corrected chi connectivity index (χ4v) is 3.08. The average Bonchev–Trinajstić information content (AvgIpc) is 3.00. The zero-order valence-corrected chi connectivity index (χ0v) is 15.1. The largest absolute Gasteiger partial charge is 0.493 e. The quantitative estimate of drug-likeness (QED) is 0.766. The first-order valence-corrected chi connectivity index (χ1v) is 8.51. The third-order valence-electron chi connectivity index (χ3n) is 4.73. The van der Waals surface area contributed by atoms with Crippen LogP contribution in [0, 0.1) is 0 Å². The summed E-state index contributed by atoms with van der Waals surface area (Å²) < 4.78 is 15.8. The first kappa shape index (κ1) is 18.2. The summed E-state index contributed by atoms with van der Waals surface area (Å²) in [4.78, 5) is 18.0. The van der Waals surface area contributed by atoms with Gasteiger partial charge in [0.05, 0.1) is 20.8 Å². The molecule has 0 radical (unpaired) electrons. The molecular weight excluding hydrogens is 338 g/mol. The van der Waals surface area contributed by atoms with E-state index in [0.717, 1.165) is 12.8 Å². The van der Waals surface area contributed by atoms with E-state index in [-0.39, 0.29) is 6.54 Å². The Morgan fingerprint density at radius 2 is 2.08 bits per heavy atom. The van der Waals surface area contributed by atoms with Gasteiger partial charge in [-0.15, -0.1) is 0 Å². The zero-order chi connectivity index (χ0) is 18.7. The Labute approximate surface area is 151 Å². The monoisotopic (exact) mass is 361 g/mol. The minimum Gasteiger partial charge on any atom is -0.493 e. The second kappa shape index (κ2) is 7.74. The normalized spacial score (nSPS) is 15.5. The number of rotatable bonds is 8. The van der Waals surface area contributed by atoms with Gasteiger partial charge < -0.3 is 19.1 Å². The van der Waals surface area contributed by atoms with Gasteiger partial charge in [-0.3, -0.25) is 9.69 Å². The van der Waals surface area contributed by atoms with Crippen molar-refractivity contribution in [2.24, 2.45) is 0 Å². The molecule has 0 spiro atoms. The maximum Gasteiger partial charge on any atom is 0.325 e. The number of ether oxygens (including phenoxy) is 2. The molecule has 1 aromatic heterocycles. The molecule has 140 valence electrons. The standard InChI is InChI=1S/C18H23N3O5/c1-21(10-15-19-17(26-20-15)11-5-4-6-11)16(18(22)23)12-7-8-13(24-2)14(9-12)25-3/h7-9,11,16H,4-6,10H2,1-3H3,(H,22,23). The molecule has 1 N–H and O–H groups in total. The van der Waals surface area contributed by atoms with Gasteiger partial charge in [0.2, 0.25) is 5.89 Å². The SMILES string of the molecule is COc1ccc(C(C(=O)O)N(C)Cc2noc(C3CCC3)n2)cc1OC. The van der Waals surface area contributed by atoms with Crippen molar-refractivity contribution >= 4 is 5.97 Å². The molecule has 8 heteroatoms. The fraction of sp³-hybridized carbons (Fsp3) is 0.500. The number of nitrogens with zero attached hydrogens (tertiary/aromatic N) is 3. The number of carboxylic acids is 1. The number of carboxylic acid groups (broad SMARTS) is 1. The molecule has 2 aromatic rings. The molecule has 0 bridgehead atoms. The summed E-state index contributed by atoms with van der Waals surface area (Å²) in [6, 6.07) is 4.21. The zero-order valence-electron chi connectivity index (χ0n) is 15.1. The van der Waals surface area contributed by atoms with Crippen LogP contribution in [0.5, 0.6) is 11.5 Å². The van der Waals surface area contributed by atoms with Gasteiger partial charge in [-0.25, -0.2) is 0 Å². The Morgan fingerprint density at radius 3 is 2.65 bits per heavy atom. The van der Waals surface area contributed by atoms with Gasteiger partial charge in [0.25, 0.3) is 0 Å². The fourth-order valence-electron chi connectivity index (χ4n) is 3.08. The number of hydrogen-bond donors (Lipinski definition) is 1. The van der Waals surface area contributed by atoms with Crippen LogP contribution in [0.15, 0.2) is 22.7 Å². The van der Waals surface area contributed by atoms with Crippen LogP contribution in [-0.2, 0) is 11.3 Å². The summed E-state index contributed by atoms with van der Waals surface area (Å²) in [5, 5.41) is 13.7. The van der Waals surface area contributed by atoms with Crippen LogP contribution in [0.3, 0.4) is 0 Å². The Bertz CT molecular complexity index is 772. The molecule has 0 saturated heterocycles. The maximum absolute atomic E-state index is 11.9. The number of likely N-dealkylation sites (N-methyl/N-ethyl adjacent to an activating group) is 1. The molecule has 1 fully saturated rings. The summed E-state index contributed by atoms with van der Waals surface area (Å²) in [5.41, 5.74) is 0.584. The predicted octanol–water partition coefficient (Wildman–Crippen LogP) is 2.61. The highest BCUT2D eigenvalue weighted by atomic mass is 16.5. The molecule has 26 heavy (non-hydrogen) atoms. The van der Waals surface area contributed by atoms with E-state index in [9.17, 15) is 9.90 Å². The van der Waals surface area contributed by atoms with E-state index < -0.39 is 12.0 Å². The Morgan fingerprint density at radius 1 is 1.35 bits per heavy atom. The van der Waals surface area contributed by atoms with E-state index in [2.05, 4.69) is 10.1 Å². The van der Waals surface area contributed by atoms with Crippen LogP contribution >= 0.6 is 0 Å². The second-order valence-corrected chi connectivity index (χ2v) is 6.45. The molecule has 1 saturated carbocycles. The topological polar surface area (TPSA) is 97.9 Å². The Balaban J connectivity index is 1.78. The molecule has 1 atom stereocenters. The van der Waals surface area contributed by atoms with Gasteiger partial charge in [-0.1, -0.05) is 17.6 Å².